The number of rotatable bonds is 5. The van der Waals surface area contributed by atoms with Gasteiger partial charge in [-0.1, -0.05) is 43.0 Å². The number of amides is 1. The molecule has 0 spiro atoms. The Kier molecular flexibility index (Phi) is 5.99. The maximum absolute atomic E-state index is 11.9. The van der Waals surface area contributed by atoms with E-state index in [0.29, 0.717) is 10.6 Å². The minimum absolute atomic E-state index is 0.100. The SMILES string of the molecule is O=C(NNS(=O)(=O)/C=C/c1ccc(Cl)cc1)C1CCCCC1. The first-order chi connectivity index (χ1) is 10.5. The Morgan fingerprint density at radius 3 is 2.41 bits per heavy atom. The first-order valence-corrected chi connectivity index (χ1v) is 9.14. The molecule has 1 amide bonds. The van der Waals surface area contributed by atoms with Crippen molar-refractivity contribution in [2.45, 2.75) is 32.1 Å². The van der Waals surface area contributed by atoms with Gasteiger partial charge >= 0.3 is 0 Å². The molecular weight excluding hydrogens is 324 g/mol. The lowest BCUT2D eigenvalue weighted by atomic mass is 9.89. The molecule has 22 heavy (non-hydrogen) atoms. The third-order valence-corrected chi connectivity index (χ3v) is 4.74. The van der Waals surface area contributed by atoms with E-state index in [1.54, 1.807) is 24.3 Å². The number of carbonyl (C=O) groups excluding carboxylic acids is 1. The molecule has 0 heterocycles. The highest BCUT2D eigenvalue weighted by atomic mass is 35.5. The van der Waals surface area contributed by atoms with Gasteiger partial charge in [-0.05, 0) is 36.6 Å². The van der Waals surface area contributed by atoms with Crippen molar-refractivity contribution in [3.63, 3.8) is 0 Å². The fourth-order valence-corrected chi connectivity index (χ4v) is 3.14. The normalized spacial score (nSPS) is 16.8. The van der Waals surface area contributed by atoms with Crippen molar-refractivity contribution in [3.05, 3.63) is 40.3 Å². The van der Waals surface area contributed by atoms with E-state index in [9.17, 15) is 13.2 Å². The van der Waals surface area contributed by atoms with Crippen LogP contribution in [0.5, 0.6) is 0 Å². The fraction of sp³-hybridized carbons (Fsp3) is 0.400. The number of hydrazine groups is 1. The van der Waals surface area contributed by atoms with Crippen LogP contribution < -0.4 is 10.3 Å². The van der Waals surface area contributed by atoms with Gasteiger partial charge in [-0.15, -0.1) is 4.83 Å². The highest BCUT2D eigenvalue weighted by Gasteiger charge is 2.21. The minimum Gasteiger partial charge on any atom is -0.277 e. The molecular formula is C15H19ClN2O3S. The molecule has 1 aliphatic carbocycles. The second-order valence-corrected chi connectivity index (χ2v) is 7.33. The van der Waals surface area contributed by atoms with Crippen LogP contribution in [0.2, 0.25) is 5.02 Å². The zero-order valence-electron chi connectivity index (χ0n) is 12.1. The van der Waals surface area contributed by atoms with Gasteiger partial charge in [0.2, 0.25) is 5.91 Å². The predicted molar refractivity (Wildman–Crippen MR) is 87.3 cm³/mol. The van der Waals surface area contributed by atoms with Crippen LogP contribution >= 0.6 is 11.6 Å². The molecule has 2 N–H and O–H groups in total. The summed E-state index contributed by atoms with van der Waals surface area (Å²) in [5.74, 6) is -0.361. The lowest BCUT2D eigenvalue weighted by Gasteiger charge is -2.20. The molecule has 0 bridgehead atoms. The van der Waals surface area contributed by atoms with Crippen molar-refractivity contribution < 1.29 is 13.2 Å². The molecule has 0 aromatic heterocycles. The second kappa shape index (κ2) is 7.76. The molecule has 0 radical (unpaired) electrons. The number of benzene rings is 1. The molecule has 1 fully saturated rings. The van der Waals surface area contributed by atoms with Gasteiger partial charge in [0.15, 0.2) is 0 Å². The van der Waals surface area contributed by atoms with Crippen LogP contribution in [0.25, 0.3) is 6.08 Å². The van der Waals surface area contributed by atoms with E-state index >= 15 is 0 Å². The van der Waals surface area contributed by atoms with Crippen LogP contribution in [-0.4, -0.2) is 14.3 Å². The highest BCUT2D eigenvalue weighted by molar-refractivity contribution is 7.92. The van der Waals surface area contributed by atoms with E-state index < -0.39 is 10.0 Å². The molecule has 7 heteroatoms. The Balaban J connectivity index is 1.87. The Morgan fingerprint density at radius 1 is 1.14 bits per heavy atom. The quantitative estimate of drug-likeness (QED) is 0.808. The van der Waals surface area contributed by atoms with Gasteiger partial charge in [-0.2, -0.15) is 0 Å². The Labute approximate surface area is 135 Å². The van der Waals surface area contributed by atoms with Gasteiger partial charge in [0.1, 0.15) is 0 Å². The average molecular weight is 343 g/mol. The van der Waals surface area contributed by atoms with Crippen molar-refractivity contribution in [2.24, 2.45) is 5.92 Å². The smallest absolute Gasteiger partial charge is 0.250 e. The lowest BCUT2D eigenvalue weighted by Crippen LogP contribution is -2.44. The predicted octanol–water partition coefficient (Wildman–Crippen LogP) is 2.84. The summed E-state index contributed by atoms with van der Waals surface area (Å²) in [6.45, 7) is 0. The Bertz CT molecular complexity index is 635. The molecule has 120 valence electrons. The van der Waals surface area contributed by atoms with E-state index in [2.05, 4.69) is 10.3 Å². The fourth-order valence-electron chi connectivity index (χ4n) is 2.36. The first-order valence-electron chi connectivity index (χ1n) is 7.21. The number of hydrogen-bond donors (Lipinski definition) is 2. The zero-order chi connectivity index (χ0) is 16.0. The average Bonchev–Trinajstić information content (AvgIpc) is 2.53. The van der Waals surface area contributed by atoms with Crippen molar-refractivity contribution in [3.8, 4) is 0 Å². The van der Waals surface area contributed by atoms with Crippen molar-refractivity contribution in [2.75, 3.05) is 0 Å². The summed E-state index contributed by atoms with van der Waals surface area (Å²) in [7, 11) is -3.72. The monoisotopic (exact) mass is 342 g/mol. The number of sulfonamides is 1. The molecule has 1 aliphatic rings. The van der Waals surface area contributed by atoms with Gasteiger partial charge < -0.3 is 0 Å². The van der Waals surface area contributed by atoms with Gasteiger partial charge in [-0.3, -0.25) is 10.2 Å². The lowest BCUT2D eigenvalue weighted by molar-refractivity contribution is -0.126. The highest BCUT2D eigenvalue weighted by Crippen LogP contribution is 2.23. The number of nitrogens with one attached hydrogen (secondary N) is 2. The summed E-state index contributed by atoms with van der Waals surface area (Å²) in [5, 5.41) is 1.59. The molecule has 0 aliphatic heterocycles. The maximum atomic E-state index is 11.9. The number of carbonyl (C=O) groups is 1. The number of halogens is 1. The summed E-state index contributed by atoms with van der Waals surface area (Å²) in [6.07, 6.45) is 6.23. The summed E-state index contributed by atoms with van der Waals surface area (Å²) < 4.78 is 23.6. The summed E-state index contributed by atoms with van der Waals surface area (Å²) >= 11 is 5.76. The van der Waals surface area contributed by atoms with Gasteiger partial charge in [0, 0.05) is 16.3 Å². The van der Waals surface area contributed by atoms with Crippen LogP contribution in [-0.2, 0) is 14.8 Å². The van der Waals surface area contributed by atoms with E-state index in [1.165, 1.54) is 6.08 Å². The van der Waals surface area contributed by atoms with E-state index in [0.717, 1.165) is 37.5 Å². The van der Waals surface area contributed by atoms with Crippen molar-refractivity contribution >= 4 is 33.6 Å². The van der Waals surface area contributed by atoms with Crippen LogP contribution in [0.1, 0.15) is 37.7 Å². The maximum Gasteiger partial charge on any atom is 0.250 e. The van der Waals surface area contributed by atoms with Crippen LogP contribution in [0.4, 0.5) is 0 Å². The molecule has 1 aromatic carbocycles. The molecule has 2 rings (SSSR count). The minimum atomic E-state index is -3.72. The summed E-state index contributed by atoms with van der Waals surface area (Å²) in [6, 6.07) is 6.75. The Hall–Kier alpha value is -1.37. The molecule has 0 unspecified atom stereocenters. The van der Waals surface area contributed by atoms with Crippen molar-refractivity contribution in [1.82, 2.24) is 10.3 Å². The zero-order valence-corrected chi connectivity index (χ0v) is 13.7. The summed E-state index contributed by atoms with van der Waals surface area (Å²) in [4.78, 5) is 14.0. The van der Waals surface area contributed by atoms with Crippen LogP contribution in [0.15, 0.2) is 29.7 Å². The first kappa shape index (κ1) is 17.0. The standard InChI is InChI=1S/C15H19ClN2O3S/c16-14-8-6-12(7-9-14)10-11-22(20,21)18-17-15(19)13-4-2-1-3-5-13/h6-11,13,18H,1-5H2,(H,17,19)/b11-10+. The van der Waals surface area contributed by atoms with E-state index in [1.807, 2.05) is 0 Å². The number of hydrogen-bond acceptors (Lipinski definition) is 3. The second-order valence-electron chi connectivity index (χ2n) is 5.33. The van der Waals surface area contributed by atoms with Crippen LogP contribution in [0, 0.1) is 5.92 Å². The third kappa shape index (κ3) is 5.44. The molecule has 0 saturated heterocycles. The van der Waals surface area contributed by atoms with Gasteiger partial charge in [0.05, 0.1) is 0 Å². The third-order valence-electron chi connectivity index (χ3n) is 3.60. The van der Waals surface area contributed by atoms with Gasteiger partial charge in [-0.25, -0.2) is 8.42 Å². The topological polar surface area (TPSA) is 75.3 Å². The molecule has 5 nitrogen and oxygen atoms in total. The Morgan fingerprint density at radius 2 is 1.77 bits per heavy atom. The molecule has 1 saturated carbocycles. The van der Waals surface area contributed by atoms with Gasteiger partial charge in [0.25, 0.3) is 10.0 Å². The molecule has 0 atom stereocenters. The van der Waals surface area contributed by atoms with E-state index in [4.69, 9.17) is 11.6 Å². The van der Waals surface area contributed by atoms with E-state index in [-0.39, 0.29) is 11.8 Å². The largest absolute Gasteiger partial charge is 0.277 e. The summed E-state index contributed by atoms with van der Waals surface area (Å²) in [5.41, 5.74) is 2.99. The van der Waals surface area contributed by atoms with Crippen LogP contribution in [0.3, 0.4) is 0 Å². The van der Waals surface area contributed by atoms with Crippen molar-refractivity contribution in [1.29, 1.82) is 0 Å². The molecule has 1 aromatic rings.